The second-order valence-corrected chi connectivity index (χ2v) is 6.17. The molecule has 7 heteroatoms. The first-order valence-electron chi connectivity index (χ1n) is 8.77. The van der Waals surface area contributed by atoms with Gasteiger partial charge in [-0.15, -0.1) is 12.4 Å². The van der Waals surface area contributed by atoms with Gasteiger partial charge in [0.1, 0.15) is 11.6 Å². The van der Waals surface area contributed by atoms with Crippen LogP contribution in [0.15, 0.2) is 48.0 Å². The molecule has 0 spiro atoms. The Morgan fingerprint density at radius 1 is 1.07 bits per heavy atom. The highest BCUT2D eigenvalue weighted by atomic mass is 35.5. The van der Waals surface area contributed by atoms with Crippen LogP contribution >= 0.6 is 12.4 Å². The van der Waals surface area contributed by atoms with Crippen LogP contribution in [-0.2, 0) is 4.79 Å². The summed E-state index contributed by atoms with van der Waals surface area (Å²) in [5.41, 5.74) is 8.54. The molecular weight excluding hydrogens is 378 g/mol. The third kappa shape index (κ3) is 4.84. The minimum Gasteiger partial charge on any atom is -0.507 e. The predicted molar refractivity (Wildman–Crippen MR) is 116 cm³/mol. The number of aromatic hydroxyl groups is 1. The van der Waals surface area contributed by atoms with Gasteiger partial charge in [-0.2, -0.15) is 0 Å². The average molecular weight is 404 g/mol. The first-order chi connectivity index (χ1) is 12.8. The number of hydrogen-bond donors (Lipinski definition) is 4. The maximum atomic E-state index is 11.6. The van der Waals surface area contributed by atoms with Crippen LogP contribution in [0, 0.1) is 5.41 Å². The summed E-state index contributed by atoms with van der Waals surface area (Å²) in [6.45, 7) is 7.18. The molecule has 0 saturated carbocycles. The number of amidine groups is 1. The summed E-state index contributed by atoms with van der Waals surface area (Å²) in [6.07, 6.45) is 0. The van der Waals surface area contributed by atoms with Gasteiger partial charge in [-0.05, 0) is 38.5 Å². The fraction of sp³-hybridized carbons (Fsp3) is 0.238. The third-order valence-electron chi connectivity index (χ3n) is 4.56. The maximum Gasteiger partial charge on any atom is 0.331 e. The van der Waals surface area contributed by atoms with Gasteiger partial charge in [0.05, 0.1) is 0 Å². The van der Waals surface area contributed by atoms with Crippen molar-refractivity contribution < 1.29 is 15.0 Å². The number of phenolic OH excluding ortho intramolecular Hbond substituents is 1. The summed E-state index contributed by atoms with van der Waals surface area (Å²) >= 11 is 0. The molecule has 6 nitrogen and oxygen atoms in total. The van der Waals surface area contributed by atoms with Crippen LogP contribution in [0.2, 0.25) is 0 Å². The highest BCUT2D eigenvalue weighted by molar-refractivity contribution is 6.02. The van der Waals surface area contributed by atoms with Gasteiger partial charge in [0, 0.05) is 47.1 Å². The topological polar surface area (TPSA) is 111 Å². The molecule has 0 aliphatic rings. The number of benzene rings is 2. The number of phenols is 1. The number of carboxylic acid groups (broad SMARTS) is 1. The molecule has 150 valence electrons. The monoisotopic (exact) mass is 403 g/mol. The third-order valence-corrected chi connectivity index (χ3v) is 4.56. The Labute approximate surface area is 171 Å². The highest BCUT2D eigenvalue weighted by Gasteiger charge is 2.18. The number of nitrogens with zero attached hydrogens (tertiary/aromatic N) is 1. The van der Waals surface area contributed by atoms with E-state index in [4.69, 9.17) is 11.1 Å². The molecule has 5 N–H and O–H groups in total. The summed E-state index contributed by atoms with van der Waals surface area (Å²) in [7, 11) is 0. The molecule has 0 heterocycles. The fourth-order valence-corrected chi connectivity index (χ4v) is 3.01. The molecule has 2 rings (SSSR count). The fourth-order valence-electron chi connectivity index (χ4n) is 3.01. The number of nitrogens with two attached hydrogens (primary N) is 1. The van der Waals surface area contributed by atoms with Crippen molar-refractivity contribution in [1.82, 2.24) is 0 Å². The molecule has 0 saturated heterocycles. The number of aliphatic carboxylic acids is 1. The molecule has 2 aromatic carbocycles. The molecule has 0 aromatic heterocycles. The Balaban J connectivity index is 0.00000392. The van der Waals surface area contributed by atoms with Crippen molar-refractivity contribution in [2.45, 2.75) is 20.8 Å². The van der Waals surface area contributed by atoms with Gasteiger partial charge in [-0.3, -0.25) is 5.41 Å². The van der Waals surface area contributed by atoms with Crippen LogP contribution < -0.4 is 10.6 Å². The van der Waals surface area contributed by atoms with Crippen molar-refractivity contribution >= 4 is 35.5 Å². The quantitative estimate of drug-likeness (QED) is 0.319. The lowest BCUT2D eigenvalue weighted by molar-refractivity contribution is -0.132. The van der Waals surface area contributed by atoms with Crippen LogP contribution in [-0.4, -0.2) is 35.1 Å². The standard InChI is InChI=1S/C21H25N3O3.ClH/c1-4-24(5-2)16-10-11-17(18(25)12-16)19(13(3)21(26)27)14-6-8-15(9-7-14)20(22)23;/h6-12,25H,4-5H2,1-3H3,(H3,22,23)(H,26,27);1H. The Kier molecular flexibility index (Phi) is 8.07. The number of nitrogen functional groups attached to an aromatic ring is 1. The van der Waals surface area contributed by atoms with E-state index in [1.54, 1.807) is 36.4 Å². The molecule has 0 fully saturated rings. The number of anilines is 1. The second kappa shape index (κ2) is 9.80. The number of rotatable bonds is 7. The summed E-state index contributed by atoms with van der Waals surface area (Å²) in [5.74, 6) is -1.10. The van der Waals surface area contributed by atoms with E-state index in [1.165, 1.54) is 6.92 Å². The van der Waals surface area contributed by atoms with Crippen molar-refractivity contribution in [3.8, 4) is 5.75 Å². The van der Waals surface area contributed by atoms with Crippen LogP contribution in [0.5, 0.6) is 5.75 Å². The van der Waals surface area contributed by atoms with E-state index < -0.39 is 5.97 Å². The van der Waals surface area contributed by atoms with Crippen molar-refractivity contribution in [3.63, 3.8) is 0 Å². The van der Waals surface area contributed by atoms with Gasteiger partial charge in [-0.25, -0.2) is 4.79 Å². The van der Waals surface area contributed by atoms with E-state index in [1.807, 2.05) is 19.9 Å². The molecule has 0 aliphatic carbocycles. The zero-order valence-electron chi connectivity index (χ0n) is 16.2. The number of nitrogens with one attached hydrogen (secondary N) is 1. The molecule has 28 heavy (non-hydrogen) atoms. The smallest absolute Gasteiger partial charge is 0.331 e. The van der Waals surface area contributed by atoms with Crippen LogP contribution in [0.4, 0.5) is 5.69 Å². The first kappa shape index (κ1) is 23.0. The minimum atomic E-state index is -1.06. The van der Waals surface area contributed by atoms with E-state index in [0.29, 0.717) is 22.3 Å². The van der Waals surface area contributed by atoms with Crippen LogP contribution in [0.25, 0.3) is 5.57 Å². The van der Waals surface area contributed by atoms with E-state index in [0.717, 1.165) is 18.8 Å². The molecule has 0 atom stereocenters. The van der Waals surface area contributed by atoms with E-state index in [9.17, 15) is 15.0 Å². The summed E-state index contributed by atoms with van der Waals surface area (Å²) in [5, 5.41) is 27.6. The molecule has 0 amide bonds. The van der Waals surface area contributed by atoms with Gasteiger partial charge < -0.3 is 20.8 Å². The van der Waals surface area contributed by atoms with E-state index in [2.05, 4.69) is 4.90 Å². The van der Waals surface area contributed by atoms with Gasteiger partial charge in [0.25, 0.3) is 0 Å². The maximum absolute atomic E-state index is 11.6. The second-order valence-electron chi connectivity index (χ2n) is 6.17. The summed E-state index contributed by atoms with van der Waals surface area (Å²) < 4.78 is 0. The van der Waals surface area contributed by atoms with Gasteiger partial charge in [0.2, 0.25) is 0 Å². The van der Waals surface area contributed by atoms with Crippen molar-refractivity contribution in [3.05, 3.63) is 64.7 Å². The zero-order chi connectivity index (χ0) is 20.1. The Hall–Kier alpha value is -2.99. The molecule has 0 aliphatic heterocycles. The van der Waals surface area contributed by atoms with E-state index >= 15 is 0 Å². The lowest BCUT2D eigenvalue weighted by atomic mass is 9.92. The number of halogens is 1. The lowest BCUT2D eigenvalue weighted by Gasteiger charge is -2.22. The van der Waals surface area contributed by atoms with Gasteiger partial charge >= 0.3 is 5.97 Å². The van der Waals surface area contributed by atoms with Gasteiger partial charge in [-0.1, -0.05) is 24.3 Å². The Bertz CT molecular complexity index is 888. The normalized spacial score (nSPS) is 11.2. The molecule has 0 bridgehead atoms. The van der Waals surface area contributed by atoms with Crippen molar-refractivity contribution in [2.75, 3.05) is 18.0 Å². The number of carbonyl (C=O) groups is 1. The SMILES string of the molecule is CCN(CC)c1ccc(C(=C(C)C(=O)O)c2ccc(C(=N)N)cc2)c(O)c1.Cl. The summed E-state index contributed by atoms with van der Waals surface area (Å²) in [4.78, 5) is 13.7. The largest absolute Gasteiger partial charge is 0.507 e. The highest BCUT2D eigenvalue weighted by Crippen LogP contribution is 2.35. The molecular formula is C21H26ClN3O3. The summed E-state index contributed by atoms with van der Waals surface area (Å²) in [6, 6.07) is 12.0. The van der Waals surface area contributed by atoms with E-state index in [-0.39, 0.29) is 29.6 Å². The Morgan fingerprint density at radius 2 is 1.61 bits per heavy atom. The number of hydrogen-bond acceptors (Lipinski definition) is 4. The first-order valence-corrected chi connectivity index (χ1v) is 8.77. The van der Waals surface area contributed by atoms with Crippen molar-refractivity contribution in [1.29, 1.82) is 5.41 Å². The van der Waals surface area contributed by atoms with Crippen LogP contribution in [0.3, 0.4) is 0 Å². The minimum absolute atomic E-state index is 0. The lowest BCUT2D eigenvalue weighted by Crippen LogP contribution is -2.21. The molecule has 0 radical (unpaired) electrons. The van der Waals surface area contributed by atoms with Crippen molar-refractivity contribution in [2.24, 2.45) is 5.73 Å². The molecule has 2 aromatic rings. The van der Waals surface area contributed by atoms with Crippen LogP contribution in [0.1, 0.15) is 37.5 Å². The predicted octanol–water partition coefficient (Wildman–Crippen LogP) is 3.85. The zero-order valence-corrected chi connectivity index (χ0v) is 17.0. The average Bonchev–Trinajstić information content (AvgIpc) is 2.64. The van der Waals surface area contributed by atoms with Gasteiger partial charge in [0.15, 0.2) is 0 Å². The molecule has 0 unspecified atom stereocenters. The Morgan fingerprint density at radius 3 is 2.04 bits per heavy atom. The number of carboxylic acids is 1.